The van der Waals surface area contributed by atoms with Crippen molar-refractivity contribution in [2.24, 2.45) is 5.14 Å². The number of nitrogens with one attached hydrogen (secondary N) is 2. The van der Waals surface area contributed by atoms with E-state index < -0.39 is 16.1 Å². The van der Waals surface area contributed by atoms with Crippen LogP contribution in [0.4, 0.5) is 11.4 Å². The Morgan fingerprint density at radius 2 is 1.85 bits per heavy atom. The highest BCUT2D eigenvalue weighted by Gasteiger charge is 2.19. The maximum absolute atomic E-state index is 11.8. The number of nitrogen functional groups attached to an aromatic ring is 1. The quantitative estimate of drug-likeness (QED) is 0.579. The van der Waals surface area contributed by atoms with Gasteiger partial charge in [0.2, 0.25) is 15.9 Å². The summed E-state index contributed by atoms with van der Waals surface area (Å²) >= 11 is 0. The van der Waals surface area contributed by atoms with Gasteiger partial charge in [-0.2, -0.15) is 0 Å². The fourth-order valence-electron chi connectivity index (χ4n) is 1.60. The predicted molar refractivity (Wildman–Crippen MR) is 78.6 cm³/mol. The second-order valence-electron chi connectivity index (χ2n) is 4.83. The molecule has 0 fully saturated rings. The first kappa shape index (κ1) is 16.3. The standard InChI is InChI=1S/C12H20N4O3S/c1-7(2)15-12(17)8(3)16-10-5-4-9(13)6-11(10)20(14,18)19/h4-8,16H,13H2,1-3H3,(H,15,17)(H2,14,18,19). The number of hydrogen-bond acceptors (Lipinski definition) is 5. The third-order valence-corrected chi connectivity index (χ3v) is 3.46. The van der Waals surface area contributed by atoms with Crippen LogP contribution in [0.5, 0.6) is 0 Å². The number of carbonyl (C=O) groups is 1. The van der Waals surface area contributed by atoms with Gasteiger partial charge in [0, 0.05) is 11.7 Å². The van der Waals surface area contributed by atoms with E-state index in [1.807, 2.05) is 13.8 Å². The number of rotatable bonds is 5. The number of sulfonamides is 1. The first-order valence-electron chi connectivity index (χ1n) is 6.10. The molecule has 0 aliphatic rings. The molecule has 20 heavy (non-hydrogen) atoms. The van der Waals surface area contributed by atoms with Crippen molar-refractivity contribution in [1.29, 1.82) is 0 Å². The fourth-order valence-corrected chi connectivity index (χ4v) is 2.34. The molecule has 1 aromatic rings. The second kappa shape index (κ2) is 6.10. The third kappa shape index (κ3) is 4.39. The van der Waals surface area contributed by atoms with Crippen molar-refractivity contribution in [3.05, 3.63) is 18.2 Å². The van der Waals surface area contributed by atoms with Crippen LogP contribution >= 0.6 is 0 Å². The Morgan fingerprint density at radius 3 is 2.35 bits per heavy atom. The highest BCUT2D eigenvalue weighted by Crippen LogP contribution is 2.23. The molecular weight excluding hydrogens is 280 g/mol. The van der Waals surface area contributed by atoms with Gasteiger partial charge in [0.15, 0.2) is 0 Å². The summed E-state index contributed by atoms with van der Waals surface area (Å²) in [6.45, 7) is 5.30. The van der Waals surface area contributed by atoms with Crippen molar-refractivity contribution in [2.45, 2.75) is 37.8 Å². The van der Waals surface area contributed by atoms with E-state index in [2.05, 4.69) is 10.6 Å². The predicted octanol–water partition coefficient (Wildman–Crippen LogP) is 0.241. The van der Waals surface area contributed by atoms with E-state index in [4.69, 9.17) is 10.9 Å². The molecule has 1 rings (SSSR count). The van der Waals surface area contributed by atoms with Crippen LogP contribution in [0.15, 0.2) is 23.1 Å². The zero-order valence-corrected chi connectivity index (χ0v) is 12.5. The zero-order chi connectivity index (χ0) is 15.5. The van der Waals surface area contributed by atoms with E-state index in [0.29, 0.717) is 0 Å². The highest BCUT2D eigenvalue weighted by atomic mass is 32.2. The van der Waals surface area contributed by atoms with Crippen molar-refractivity contribution in [2.75, 3.05) is 11.1 Å². The number of benzene rings is 1. The molecule has 8 heteroatoms. The largest absolute Gasteiger partial charge is 0.399 e. The molecular formula is C12H20N4O3S. The van der Waals surface area contributed by atoms with Crippen LogP contribution in [-0.4, -0.2) is 26.4 Å². The summed E-state index contributed by atoms with van der Waals surface area (Å²) in [6.07, 6.45) is 0. The Bertz CT molecular complexity index is 599. The summed E-state index contributed by atoms with van der Waals surface area (Å²) in [5.74, 6) is -0.239. The van der Waals surface area contributed by atoms with Gasteiger partial charge in [-0.1, -0.05) is 0 Å². The smallest absolute Gasteiger partial charge is 0.242 e. The maximum Gasteiger partial charge on any atom is 0.242 e. The van der Waals surface area contributed by atoms with Crippen LogP contribution in [0.3, 0.4) is 0 Å². The van der Waals surface area contributed by atoms with Crippen LogP contribution in [0.1, 0.15) is 20.8 Å². The lowest BCUT2D eigenvalue weighted by Crippen LogP contribution is -2.41. The van der Waals surface area contributed by atoms with Gasteiger partial charge < -0.3 is 16.4 Å². The van der Waals surface area contributed by atoms with E-state index >= 15 is 0 Å². The molecule has 1 amide bonds. The molecule has 0 saturated heterocycles. The third-order valence-electron chi connectivity index (χ3n) is 2.51. The number of nitrogens with two attached hydrogens (primary N) is 2. The molecule has 0 spiro atoms. The average molecular weight is 300 g/mol. The van der Waals surface area contributed by atoms with E-state index in [1.54, 1.807) is 6.92 Å². The Kier molecular flexibility index (Phi) is 4.96. The normalized spacial score (nSPS) is 13.1. The van der Waals surface area contributed by atoms with Crippen molar-refractivity contribution in [1.82, 2.24) is 5.32 Å². The summed E-state index contributed by atoms with van der Waals surface area (Å²) in [5, 5.41) is 10.7. The van der Waals surface area contributed by atoms with Crippen molar-refractivity contribution < 1.29 is 13.2 Å². The van der Waals surface area contributed by atoms with E-state index in [0.717, 1.165) is 0 Å². The van der Waals surface area contributed by atoms with Crippen LogP contribution < -0.4 is 21.5 Å². The molecule has 0 radical (unpaired) electrons. The number of carbonyl (C=O) groups excluding carboxylic acids is 1. The summed E-state index contributed by atoms with van der Waals surface area (Å²) in [4.78, 5) is 11.7. The Hall–Kier alpha value is -1.80. The molecule has 0 bridgehead atoms. The molecule has 1 aromatic carbocycles. The van der Waals surface area contributed by atoms with Crippen LogP contribution in [0.25, 0.3) is 0 Å². The summed E-state index contributed by atoms with van der Waals surface area (Å²) in [5.41, 5.74) is 6.07. The van der Waals surface area contributed by atoms with Gasteiger partial charge >= 0.3 is 0 Å². The molecule has 112 valence electrons. The lowest BCUT2D eigenvalue weighted by Gasteiger charge is -2.18. The van der Waals surface area contributed by atoms with Gasteiger partial charge in [0.05, 0.1) is 5.69 Å². The van der Waals surface area contributed by atoms with Gasteiger partial charge in [-0.15, -0.1) is 0 Å². The molecule has 1 atom stereocenters. The lowest BCUT2D eigenvalue weighted by molar-refractivity contribution is -0.122. The van der Waals surface area contributed by atoms with Crippen molar-refractivity contribution in [3.63, 3.8) is 0 Å². The molecule has 6 N–H and O–H groups in total. The molecule has 0 heterocycles. The number of anilines is 2. The first-order chi connectivity index (χ1) is 9.11. The lowest BCUT2D eigenvalue weighted by atomic mass is 10.2. The second-order valence-corrected chi connectivity index (χ2v) is 6.36. The fraction of sp³-hybridized carbons (Fsp3) is 0.417. The molecule has 7 nitrogen and oxygen atoms in total. The zero-order valence-electron chi connectivity index (χ0n) is 11.7. The topological polar surface area (TPSA) is 127 Å². The minimum atomic E-state index is -3.92. The molecule has 0 aliphatic heterocycles. The molecule has 0 saturated carbocycles. The number of primary sulfonamides is 1. The minimum Gasteiger partial charge on any atom is -0.399 e. The highest BCUT2D eigenvalue weighted by molar-refractivity contribution is 7.89. The van der Waals surface area contributed by atoms with Crippen molar-refractivity contribution >= 4 is 27.3 Å². The van der Waals surface area contributed by atoms with Crippen LogP contribution in [0, 0.1) is 0 Å². The van der Waals surface area contributed by atoms with E-state index in [9.17, 15) is 13.2 Å². The van der Waals surface area contributed by atoms with Gasteiger partial charge in [0.25, 0.3) is 0 Å². The SMILES string of the molecule is CC(C)NC(=O)C(C)Nc1ccc(N)cc1S(N)(=O)=O. The van der Waals surface area contributed by atoms with Crippen LogP contribution in [-0.2, 0) is 14.8 Å². The molecule has 0 aromatic heterocycles. The van der Waals surface area contributed by atoms with Gasteiger partial charge in [-0.25, -0.2) is 13.6 Å². The van der Waals surface area contributed by atoms with Crippen LogP contribution in [0.2, 0.25) is 0 Å². The van der Waals surface area contributed by atoms with E-state index in [-0.39, 0.29) is 28.2 Å². The Balaban J connectivity index is 3.01. The Labute approximate surface area is 118 Å². The summed E-state index contributed by atoms with van der Waals surface area (Å²) in [7, 11) is -3.92. The van der Waals surface area contributed by atoms with E-state index in [1.165, 1.54) is 18.2 Å². The van der Waals surface area contributed by atoms with Crippen molar-refractivity contribution in [3.8, 4) is 0 Å². The monoisotopic (exact) mass is 300 g/mol. The molecule has 0 aliphatic carbocycles. The number of amides is 1. The first-order valence-corrected chi connectivity index (χ1v) is 7.65. The summed E-state index contributed by atoms with van der Waals surface area (Å²) in [6, 6.07) is 3.65. The minimum absolute atomic E-state index is 0.00382. The van der Waals surface area contributed by atoms with Gasteiger partial charge in [0.1, 0.15) is 10.9 Å². The van der Waals surface area contributed by atoms with Gasteiger partial charge in [-0.05, 0) is 39.0 Å². The molecule has 1 unspecified atom stereocenters. The summed E-state index contributed by atoms with van der Waals surface area (Å²) < 4.78 is 23.0. The maximum atomic E-state index is 11.8. The number of hydrogen-bond donors (Lipinski definition) is 4. The average Bonchev–Trinajstić information content (AvgIpc) is 2.29. The van der Waals surface area contributed by atoms with Gasteiger partial charge in [-0.3, -0.25) is 4.79 Å². The Morgan fingerprint density at radius 1 is 1.25 bits per heavy atom.